The smallest absolute Gasteiger partial charge is 0.238 e. The first-order valence-corrected chi connectivity index (χ1v) is 11.0. The number of amides is 1. The van der Waals surface area contributed by atoms with Crippen LogP contribution in [-0.2, 0) is 21.1 Å². The van der Waals surface area contributed by atoms with E-state index in [0.717, 1.165) is 18.2 Å². The Labute approximate surface area is 162 Å². The molecule has 27 heavy (non-hydrogen) atoms. The van der Waals surface area contributed by atoms with Crippen molar-refractivity contribution in [1.82, 2.24) is 5.32 Å². The van der Waals surface area contributed by atoms with Gasteiger partial charge in [0.05, 0.1) is 11.4 Å². The minimum absolute atomic E-state index is 0.0593. The van der Waals surface area contributed by atoms with E-state index in [1.807, 2.05) is 0 Å². The topological polar surface area (TPSA) is 75.3 Å². The Bertz CT molecular complexity index is 875. The number of nitrogens with one attached hydrogen (secondary N) is 2. The number of anilines is 1. The van der Waals surface area contributed by atoms with Gasteiger partial charge in [0.2, 0.25) is 5.91 Å². The van der Waals surface area contributed by atoms with Gasteiger partial charge in [-0.1, -0.05) is 51.1 Å². The Morgan fingerprint density at radius 1 is 1.07 bits per heavy atom. The fourth-order valence-electron chi connectivity index (χ4n) is 2.91. The van der Waals surface area contributed by atoms with Crippen LogP contribution < -0.4 is 10.6 Å². The Balaban J connectivity index is 2.01. The van der Waals surface area contributed by atoms with E-state index in [2.05, 4.69) is 55.7 Å². The molecule has 1 amide bonds. The van der Waals surface area contributed by atoms with Crippen LogP contribution in [0.2, 0.25) is 0 Å². The number of benzene rings is 2. The predicted octanol–water partition coefficient (Wildman–Crippen LogP) is 3.58. The molecule has 0 heterocycles. The van der Waals surface area contributed by atoms with Crippen molar-refractivity contribution in [3.8, 4) is 0 Å². The van der Waals surface area contributed by atoms with Crippen molar-refractivity contribution >= 4 is 21.4 Å². The molecule has 1 atom stereocenters. The number of rotatable bonds is 8. The number of hydrogen-bond acceptors (Lipinski definition) is 4. The van der Waals surface area contributed by atoms with Gasteiger partial charge in [-0.3, -0.25) is 4.79 Å². The molecule has 5 nitrogen and oxygen atoms in total. The summed E-state index contributed by atoms with van der Waals surface area (Å²) in [5.74, 6) is 0.107. The van der Waals surface area contributed by atoms with Crippen molar-refractivity contribution in [3.05, 3.63) is 59.7 Å². The van der Waals surface area contributed by atoms with Gasteiger partial charge in [0.1, 0.15) is 0 Å². The number of aryl methyl sites for hydroxylation is 1. The molecule has 6 heteroatoms. The molecule has 2 rings (SSSR count). The average Bonchev–Trinajstić information content (AvgIpc) is 2.61. The first-order valence-electron chi connectivity index (χ1n) is 9.13. The summed E-state index contributed by atoms with van der Waals surface area (Å²) in [5.41, 5.74) is 2.90. The van der Waals surface area contributed by atoms with Crippen LogP contribution in [0.15, 0.2) is 53.4 Å². The van der Waals surface area contributed by atoms with E-state index < -0.39 is 9.84 Å². The van der Waals surface area contributed by atoms with E-state index >= 15 is 0 Å². The first kappa shape index (κ1) is 21.1. The molecule has 0 aliphatic carbocycles. The average molecular weight is 389 g/mol. The second-order valence-corrected chi connectivity index (χ2v) is 9.06. The van der Waals surface area contributed by atoms with E-state index in [-0.39, 0.29) is 23.4 Å². The molecule has 0 aliphatic heterocycles. The zero-order valence-corrected chi connectivity index (χ0v) is 17.1. The molecule has 0 saturated heterocycles. The molecule has 0 bridgehead atoms. The van der Waals surface area contributed by atoms with Gasteiger partial charge in [-0.05, 0) is 41.7 Å². The molecular weight excluding hydrogens is 360 g/mol. The Morgan fingerprint density at radius 3 is 2.30 bits per heavy atom. The lowest BCUT2D eigenvalue weighted by atomic mass is 9.95. The highest BCUT2D eigenvalue weighted by Gasteiger charge is 2.17. The van der Waals surface area contributed by atoms with Crippen molar-refractivity contribution < 1.29 is 13.2 Å². The van der Waals surface area contributed by atoms with Gasteiger partial charge >= 0.3 is 0 Å². The van der Waals surface area contributed by atoms with Crippen LogP contribution >= 0.6 is 0 Å². The third kappa shape index (κ3) is 6.19. The van der Waals surface area contributed by atoms with Crippen LogP contribution in [0.4, 0.5) is 5.69 Å². The summed E-state index contributed by atoms with van der Waals surface area (Å²) in [7, 11) is -3.31. The van der Waals surface area contributed by atoms with E-state index in [1.54, 1.807) is 12.1 Å². The lowest BCUT2D eigenvalue weighted by molar-refractivity contribution is -0.115. The van der Waals surface area contributed by atoms with Crippen molar-refractivity contribution in [3.63, 3.8) is 0 Å². The standard InChI is InChI=1S/C21H28N2O3S/c1-5-16-9-11-17(12-10-16)21(15(2)3)22-14-20(24)23-18-7-6-8-19(13-18)27(4,25)26/h6-13,15,21-22H,5,14H2,1-4H3,(H,23,24)/t21-/m1/s1. The lowest BCUT2D eigenvalue weighted by Gasteiger charge is -2.23. The Morgan fingerprint density at radius 2 is 1.74 bits per heavy atom. The van der Waals surface area contributed by atoms with Gasteiger partial charge in [0.25, 0.3) is 0 Å². The Kier molecular flexibility index (Phi) is 7.16. The zero-order chi connectivity index (χ0) is 20.0. The first-order chi connectivity index (χ1) is 12.7. The summed E-state index contributed by atoms with van der Waals surface area (Å²) in [6, 6.07) is 14.8. The highest BCUT2D eigenvalue weighted by molar-refractivity contribution is 7.90. The van der Waals surface area contributed by atoms with Crippen LogP contribution in [0, 0.1) is 5.92 Å². The second-order valence-electron chi connectivity index (χ2n) is 7.05. The summed E-state index contributed by atoms with van der Waals surface area (Å²) >= 11 is 0. The lowest BCUT2D eigenvalue weighted by Crippen LogP contribution is -2.33. The van der Waals surface area contributed by atoms with Crippen molar-refractivity contribution in [2.45, 2.75) is 38.1 Å². The van der Waals surface area contributed by atoms with Gasteiger partial charge in [-0.2, -0.15) is 0 Å². The van der Waals surface area contributed by atoms with Crippen LogP contribution in [0.5, 0.6) is 0 Å². The van der Waals surface area contributed by atoms with Crippen molar-refractivity contribution in [2.75, 3.05) is 18.1 Å². The third-order valence-electron chi connectivity index (χ3n) is 4.44. The zero-order valence-electron chi connectivity index (χ0n) is 16.3. The largest absolute Gasteiger partial charge is 0.325 e. The molecule has 146 valence electrons. The SMILES string of the molecule is CCc1ccc([C@H](NCC(=O)Nc2cccc(S(C)(=O)=O)c2)C(C)C)cc1. The maximum Gasteiger partial charge on any atom is 0.238 e. The number of hydrogen-bond donors (Lipinski definition) is 2. The van der Waals surface area contributed by atoms with Crippen LogP contribution in [0.25, 0.3) is 0 Å². The molecule has 0 fully saturated rings. The Hall–Kier alpha value is -2.18. The molecule has 0 spiro atoms. The highest BCUT2D eigenvalue weighted by Crippen LogP contribution is 2.22. The molecule has 0 aliphatic rings. The van der Waals surface area contributed by atoms with Gasteiger partial charge in [0, 0.05) is 18.0 Å². The van der Waals surface area contributed by atoms with Crippen LogP contribution in [0.3, 0.4) is 0 Å². The number of carbonyl (C=O) groups excluding carboxylic acids is 1. The van der Waals surface area contributed by atoms with E-state index in [1.165, 1.54) is 17.7 Å². The summed E-state index contributed by atoms with van der Waals surface area (Å²) < 4.78 is 23.3. The molecule has 0 radical (unpaired) electrons. The second kappa shape index (κ2) is 9.15. The van der Waals surface area contributed by atoms with E-state index in [0.29, 0.717) is 11.6 Å². The van der Waals surface area contributed by atoms with E-state index in [4.69, 9.17) is 0 Å². The molecular formula is C21H28N2O3S. The van der Waals surface area contributed by atoms with Gasteiger partial charge in [-0.15, -0.1) is 0 Å². The predicted molar refractivity (Wildman–Crippen MR) is 110 cm³/mol. The summed E-state index contributed by atoms with van der Waals surface area (Å²) in [5, 5.41) is 6.06. The third-order valence-corrected chi connectivity index (χ3v) is 5.55. The fourth-order valence-corrected chi connectivity index (χ4v) is 3.58. The summed E-state index contributed by atoms with van der Waals surface area (Å²) in [4.78, 5) is 12.5. The maximum atomic E-state index is 12.3. The quantitative estimate of drug-likeness (QED) is 0.725. The molecule has 2 N–H and O–H groups in total. The van der Waals surface area contributed by atoms with Gasteiger partial charge in [0.15, 0.2) is 9.84 Å². The molecule has 2 aromatic rings. The number of carbonyl (C=O) groups is 1. The normalized spacial score (nSPS) is 12.8. The monoisotopic (exact) mass is 388 g/mol. The minimum Gasteiger partial charge on any atom is -0.325 e. The maximum absolute atomic E-state index is 12.3. The summed E-state index contributed by atoms with van der Waals surface area (Å²) in [6.45, 7) is 6.48. The molecule has 0 aromatic heterocycles. The summed E-state index contributed by atoms with van der Waals surface area (Å²) in [6.07, 6.45) is 2.14. The van der Waals surface area contributed by atoms with E-state index in [9.17, 15) is 13.2 Å². The fraction of sp³-hybridized carbons (Fsp3) is 0.381. The molecule has 2 aromatic carbocycles. The highest BCUT2D eigenvalue weighted by atomic mass is 32.2. The molecule has 0 unspecified atom stereocenters. The number of sulfone groups is 1. The van der Waals surface area contributed by atoms with Crippen LogP contribution in [-0.4, -0.2) is 27.1 Å². The molecule has 0 saturated carbocycles. The van der Waals surface area contributed by atoms with Crippen molar-refractivity contribution in [1.29, 1.82) is 0 Å². The van der Waals surface area contributed by atoms with Crippen LogP contribution in [0.1, 0.15) is 37.9 Å². The van der Waals surface area contributed by atoms with Crippen molar-refractivity contribution in [2.24, 2.45) is 5.92 Å². The van der Waals surface area contributed by atoms with Gasteiger partial charge in [-0.25, -0.2) is 8.42 Å². The van der Waals surface area contributed by atoms with Gasteiger partial charge < -0.3 is 10.6 Å². The minimum atomic E-state index is -3.31.